The molecule has 3 aromatic heterocycles. The minimum absolute atomic E-state index is 0.329. The van der Waals surface area contributed by atoms with Crippen LogP contribution in [0.3, 0.4) is 0 Å². The molecule has 1 aliphatic heterocycles. The topological polar surface area (TPSA) is 42.5 Å². The number of hydrogen-bond acceptors (Lipinski definition) is 4. The van der Waals surface area contributed by atoms with E-state index in [0.29, 0.717) is 0 Å². The zero-order valence-corrected chi connectivity index (χ0v) is 25.9. The number of furan rings is 1. The lowest BCUT2D eigenvalue weighted by Gasteiger charge is -2.23. The second kappa shape index (κ2) is 9.32. The van der Waals surface area contributed by atoms with Gasteiger partial charge in [0.15, 0.2) is 5.76 Å². The van der Waals surface area contributed by atoms with Crippen LogP contribution < -0.4 is 5.32 Å². The van der Waals surface area contributed by atoms with E-state index >= 15 is 0 Å². The number of para-hydroxylation sites is 1. The summed E-state index contributed by atoms with van der Waals surface area (Å²) in [4.78, 5) is 5.54. The van der Waals surface area contributed by atoms with Gasteiger partial charge in [-0.25, -0.2) is 4.99 Å². The predicted octanol–water partition coefficient (Wildman–Crippen LogP) is 11.6. The molecule has 10 aromatic rings. The van der Waals surface area contributed by atoms with E-state index < -0.39 is 0 Å². The Balaban J connectivity index is 1.23. The molecule has 0 radical (unpaired) electrons. The molecule has 220 valence electrons. The van der Waals surface area contributed by atoms with Crippen LogP contribution in [-0.2, 0) is 0 Å². The third-order valence-corrected chi connectivity index (χ3v) is 11.0. The molecule has 0 fully saturated rings. The predicted molar refractivity (Wildman–Crippen MR) is 198 cm³/mol. The zero-order chi connectivity index (χ0) is 30.6. The fourth-order valence-electron chi connectivity index (χ4n) is 7.67. The highest BCUT2D eigenvalue weighted by atomic mass is 32.1. The van der Waals surface area contributed by atoms with Crippen molar-refractivity contribution in [1.29, 1.82) is 0 Å². The molecule has 1 unspecified atom stereocenters. The molecule has 7 aromatic carbocycles. The number of benzene rings is 7. The maximum atomic E-state index is 6.62. The standard InChI is InChI=1S/C42H25N3OS/c1-2-11-26-23-34-32(21-25(26)10-1)38-28-12-4-3-9-24(28)17-19-33(38)45(34)42-43-39(41-40(44-42)30-14-5-7-15-35(30)46-41)27-18-20-37-31(22-27)29-13-6-8-16-36(29)47-37/h1-23,39H,(H,43,44). The van der Waals surface area contributed by atoms with Crippen LogP contribution in [0.4, 0.5) is 5.69 Å². The van der Waals surface area contributed by atoms with E-state index in [9.17, 15) is 0 Å². The molecular weight excluding hydrogens is 595 g/mol. The van der Waals surface area contributed by atoms with Crippen molar-refractivity contribution in [1.82, 2.24) is 4.57 Å². The van der Waals surface area contributed by atoms with Crippen molar-refractivity contribution < 1.29 is 4.42 Å². The Hall–Kier alpha value is -5.91. The molecule has 0 saturated carbocycles. The van der Waals surface area contributed by atoms with Crippen LogP contribution in [-0.4, -0.2) is 10.5 Å². The summed E-state index contributed by atoms with van der Waals surface area (Å²) < 4.78 is 11.5. The van der Waals surface area contributed by atoms with Gasteiger partial charge in [0.25, 0.3) is 0 Å². The summed E-state index contributed by atoms with van der Waals surface area (Å²) in [5, 5.41) is 14.7. The first kappa shape index (κ1) is 25.3. The Morgan fingerprint density at radius 3 is 2.19 bits per heavy atom. The molecule has 5 heteroatoms. The normalized spacial score (nSPS) is 14.9. The van der Waals surface area contributed by atoms with Gasteiger partial charge < -0.3 is 9.73 Å². The number of nitrogens with one attached hydrogen (secondary N) is 1. The van der Waals surface area contributed by atoms with Crippen LogP contribution in [0, 0.1) is 0 Å². The number of fused-ring (bicyclic) bond motifs is 12. The summed E-state index contributed by atoms with van der Waals surface area (Å²) in [6, 6.07) is 49.8. The Bertz CT molecular complexity index is 2960. The zero-order valence-electron chi connectivity index (χ0n) is 25.1. The molecule has 0 amide bonds. The lowest BCUT2D eigenvalue weighted by molar-refractivity contribution is 0.525. The quantitative estimate of drug-likeness (QED) is 0.199. The summed E-state index contributed by atoms with van der Waals surface area (Å²) in [5.41, 5.74) is 5.18. The van der Waals surface area contributed by atoms with Gasteiger partial charge in [0.2, 0.25) is 5.96 Å². The first-order valence-electron chi connectivity index (χ1n) is 15.9. The highest BCUT2D eigenvalue weighted by Crippen LogP contribution is 2.45. The lowest BCUT2D eigenvalue weighted by atomic mass is 10.00. The van der Waals surface area contributed by atoms with Crippen molar-refractivity contribution in [3.05, 3.63) is 151 Å². The number of thiophene rings is 1. The third-order valence-electron chi connectivity index (χ3n) is 9.81. The van der Waals surface area contributed by atoms with E-state index in [0.717, 1.165) is 45.0 Å². The molecule has 0 aliphatic carbocycles. The fourth-order valence-corrected chi connectivity index (χ4v) is 8.75. The molecule has 11 rings (SSSR count). The number of hydrogen-bond donors (Lipinski definition) is 1. The Morgan fingerprint density at radius 1 is 0.574 bits per heavy atom. The van der Waals surface area contributed by atoms with Gasteiger partial charge in [0.05, 0.1) is 16.7 Å². The molecule has 4 heterocycles. The highest BCUT2D eigenvalue weighted by Gasteiger charge is 2.31. The van der Waals surface area contributed by atoms with E-state index in [-0.39, 0.29) is 6.04 Å². The van der Waals surface area contributed by atoms with E-state index in [4.69, 9.17) is 9.41 Å². The number of anilines is 1. The van der Waals surface area contributed by atoms with Crippen molar-refractivity contribution in [2.45, 2.75) is 6.04 Å². The van der Waals surface area contributed by atoms with Crippen molar-refractivity contribution in [2.24, 2.45) is 4.99 Å². The summed E-state index contributed by atoms with van der Waals surface area (Å²) >= 11 is 1.83. The molecular formula is C42H25N3OS. The Morgan fingerprint density at radius 2 is 1.30 bits per heavy atom. The molecule has 0 saturated heterocycles. The van der Waals surface area contributed by atoms with E-state index in [2.05, 4.69) is 137 Å². The van der Waals surface area contributed by atoms with Crippen molar-refractivity contribution >= 4 is 97.5 Å². The number of aromatic nitrogens is 1. The van der Waals surface area contributed by atoms with Crippen LogP contribution in [0.2, 0.25) is 0 Å². The molecule has 1 atom stereocenters. The second-order valence-electron chi connectivity index (χ2n) is 12.4. The van der Waals surface area contributed by atoms with E-state index in [1.54, 1.807) is 0 Å². The van der Waals surface area contributed by atoms with Gasteiger partial charge in [-0.15, -0.1) is 11.3 Å². The van der Waals surface area contributed by atoms with Gasteiger partial charge in [-0.2, -0.15) is 0 Å². The van der Waals surface area contributed by atoms with Crippen LogP contribution >= 0.6 is 11.3 Å². The average molecular weight is 620 g/mol. The summed E-state index contributed by atoms with van der Waals surface area (Å²) in [6.07, 6.45) is 0. The van der Waals surface area contributed by atoms with Gasteiger partial charge in [0, 0.05) is 36.3 Å². The smallest absolute Gasteiger partial charge is 0.208 e. The highest BCUT2D eigenvalue weighted by molar-refractivity contribution is 7.25. The van der Waals surface area contributed by atoms with Crippen LogP contribution in [0.1, 0.15) is 17.4 Å². The first-order valence-corrected chi connectivity index (χ1v) is 16.7. The second-order valence-corrected chi connectivity index (χ2v) is 13.5. The van der Waals surface area contributed by atoms with Crippen molar-refractivity contribution in [3.8, 4) is 0 Å². The number of nitrogens with zero attached hydrogens (tertiary/aromatic N) is 2. The van der Waals surface area contributed by atoms with Crippen molar-refractivity contribution in [2.75, 3.05) is 5.32 Å². The monoisotopic (exact) mass is 619 g/mol. The lowest BCUT2D eigenvalue weighted by Crippen LogP contribution is -2.27. The molecule has 1 N–H and O–H groups in total. The third kappa shape index (κ3) is 3.55. The maximum Gasteiger partial charge on any atom is 0.208 e. The molecule has 4 nitrogen and oxygen atoms in total. The van der Waals surface area contributed by atoms with E-state index in [1.165, 1.54) is 52.5 Å². The van der Waals surface area contributed by atoms with Gasteiger partial charge in [-0.05, 0) is 75.6 Å². The van der Waals surface area contributed by atoms with Gasteiger partial charge >= 0.3 is 0 Å². The Kier molecular flexibility index (Phi) is 5.02. The molecule has 0 spiro atoms. The summed E-state index contributed by atoms with van der Waals surface area (Å²) in [7, 11) is 0. The van der Waals surface area contributed by atoms with Gasteiger partial charge in [-0.1, -0.05) is 91.0 Å². The van der Waals surface area contributed by atoms with Crippen molar-refractivity contribution in [3.63, 3.8) is 0 Å². The largest absolute Gasteiger partial charge is 0.456 e. The van der Waals surface area contributed by atoms with Gasteiger partial charge in [0.1, 0.15) is 11.6 Å². The molecule has 0 bridgehead atoms. The van der Waals surface area contributed by atoms with Gasteiger partial charge in [-0.3, -0.25) is 4.57 Å². The number of aliphatic imine (C=N–C) groups is 1. The molecule has 47 heavy (non-hydrogen) atoms. The fraction of sp³-hybridized carbons (Fsp3) is 0.0238. The Labute approximate surface area is 272 Å². The maximum absolute atomic E-state index is 6.62. The summed E-state index contributed by atoms with van der Waals surface area (Å²) in [5.74, 6) is 1.63. The van der Waals surface area contributed by atoms with E-state index in [1.807, 2.05) is 23.5 Å². The minimum Gasteiger partial charge on any atom is -0.456 e. The average Bonchev–Trinajstić information content (AvgIpc) is 3.79. The van der Waals surface area contributed by atoms with Crippen LogP contribution in [0.5, 0.6) is 0 Å². The SMILES string of the molecule is c1ccc2cc3c(cc2c1)c1c2ccccc2ccc1n3C1=NC(c2ccc3sc4ccccc4c3c2)c2oc3ccccc3c2N1. The first-order chi connectivity index (χ1) is 23.3. The summed E-state index contributed by atoms with van der Waals surface area (Å²) in [6.45, 7) is 0. The minimum atomic E-state index is -0.329. The molecule has 1 aliphatic rings. The van der Waals surface area contributed by atoms with Crippen LogP contribution in [0.25, 0.3) is 74.5 Å². The van der Waals surface area contributed by atoms with Crippen LogP contribution in [0.15, 0.2) is 149 Å². The number of rotatable bonds is 1.